The van der Waals surface area contributed by atoms with Crippen molar-refractivity contribution >= 4 is 31.3 Å². The van der Waals surface area contributed by atoms with Crippen LogP contribution in [-0.4, -0.2) is 62.9 Å². The molecule has 4 rings (SSSR count). The molecule has 3 N–H and O–H groups in total. The molecule has 4 nitrogen and oxygen atoms in total. The van der Waals surface area contributed by atoms with Crippen LogP contribution in [0.2, 0.25) is 0 Å². The van der Waals surface area contributed by atoms with Gasteiger partial charge in [-0.2, -0.15) is 13.2 Å². The Morgan fingerprint density at radius 2 is 2.09 bits per heavy atom. The topological polar surface area (TPSA) is 54.2 Å². The normalized spacial score (nSPS) is 25.5. The number of benzene rings is 1. The van der Waals surface area contributed by atoms with E-state index in [-0.39, 0.29) is 12.2 Å². The number of aromatic nitrogens is 1. The Hall–Kier alpha value is -2.23. The van der Waals surface area contributed by atoms with Crippen LogP contribution in [0.1, 0.15) is 30.7 Å². The summed E-state index contributed by atoms with van der Waals surface area (Å²) in [6.07, 6.45) is -0.533. The molecule has 171 valence electrons. The molecule has 3 heterocycles. The van der Waals surface area contributed by atoms with Gasteiger partial charge in [-0.3, -0.25) is 4.98 Å². The first-order valence-electron chi connectivity index (χ1n) is 10.7. The van der Waals surface area contributed by atoms with E-state index >= 15 is 4.39 Å². The van der Waals surface area contributed by atoms with Gasteiger partial charge in [0.2, 0.25) is 0 Å². The van der Waals surface area contributed by atoms with Crippen LogP contribution in [0.5, 0.6) is 0 Å². The van der Waals surface area contributed by atoms with E-state index < -0.39 is 32.2 Å². The molecule has 32 heavy (non-hydrogen) atoms. The van der Waals surface area contributed by atoms with Crippen LogP contribution in [-0.2, 0) is 0 Å². The zero-order chi connectivity index (χ0) is 23.1. The number of anilines is 1. The highest BCUT2D eigenvalue weighted by atomic mass is 28.3. The maximum absolute atomic E-state index is 16.1. The summed E-state index contributed by atoms with van der Waals surface area (Å²) in [6.45, 7) is 2.47. The number of hydrogen-bond acceptors (Lipinski definition) is 4. The summed E-state index contributed by atoms with van der Waals surface area (Å²) in [5, 5.41) is 3.03. The molecule has 2 aliphatic rings. The van der Waals surface area contributed by atoms with Crippen molar-refractivity contribution < 1.29 is 17.6 Å². The van der Waals surface area contributed by atoms with Crippen LogP contribution in [0.25, 0.3) is 16.8 Å². The smallest absolute Gasteiger partial charge is 0.379 e. The van der Waals surface area contributed by atoms with Gasteiger partial charge in [0.25, 0.3) is 0 Å². The molecule has 9 heteroatoms. The Morgan fingerprint density at radius 1 is 1.34 bits per heavy atom. The number of nitrogens with zero attached hydrogens (tertiary/aromatic N) is 2. The molecule has 0 saturated carbocycles. The number of hydrogen-bond donors (Lipinski definition) is 2. The fraction of sp³-hybridized carbons (Fsp3) is 0.435. The zero-order valence-electron chi connectivity index (χ0n) is 18.1. The van der Waals surface area contributed by atoms with E-state index in [4.69, 9.17) is 5.73 Å². The molecule has 1 aromatic carbocycles. The Morgan fingerprint density at radius 3 is 2.75 bits per heavy atom. The van der Waals surface area contributed by atoms with E-state index in [9.17, 15) is 13.2 Å². The second-order valence-electron chi connectivity index (χ2n) is 8.61. The van der Waals surface area contributed by atoms with Crippen molar-refractivity contribution in [3.05, 3.63) is 53.1 Å². The number of halogens is 4. The van der Waals surface area contributed by atoms with Crippen molar-refractivity contribution in [2.45, 2.75) is 36.8 Å². The lowest BCUT2D eigenvalue weighted by molar-refractivity contribution is -0.146. The predicted octanol–water partition coefficient (Wildman–Crippen LogP) is 4.38. The largest absolute Gasteiger partial charge is 0.397 e. The van der Waals surface area contributed by atoms with Gasteiger partial charge in [-0.25, -0.2) is 4.39 Å². The van der Waals surface area contributed by atoms with E-state index in [1.165, 1.54) is 0 Å². The van der Waals surface area contributed by atoms with Gasteiger partial charge in [0, 0.05) is 29.5 Å². The minimum atomic E-state index is -4.43. The maximum atomic E-state index is 16.1. The zero-order valence-corrected chi connectivity index (χ0v) is 19.1. The average molecular weight is 464 g/mol. The highest BCUT2D eigenvalue weighted by Gasteiger charge is 2.52. The number of nitrogens with two attached hydrogens (primary N) is 1. The van der Waals surface area contributed by atoms with E-state index in [2.05, 4.69) is 10.3 Å². The maximum Gasteiger partial charge on any atom is 0.397 e. The molecule has 1 unspecified atom stereocenters. The van der Waals surface area contributed by atoms with E-state index in [0.29, 0.717) is 35.1 Å². The summed E-state index contributed by atoms with van der Waals surface area (Å²) < 4.78 is 56.9. The molecule has 0 amide bonds. The summed E-state index contributed by atoms with van der Waals surface area (Å²) >= 11 is 0. The number of pyridine rings is 1. The van der Waals surface area contributed by atoms with Crippen LogP contribution in [0.4, 0.5) is 23.2 Å². The van der Waals surface area contributed by atoms with Gasteiger partial charge in [-0.05, 0) is 45.1 Å². The van der Waals surface area contributed by atoms with E-state index in [1.54, 1.807) is 36.4 Å². The van der Waals surface area contributed by atoms with Gasteiger partial charge in [0.1, 0.15) is 5.29 Å². The minimum absolute atomic E-state index is 0.0408. The van der Waals surface area contributed by atoms with Crippen LogP contribution >= 0.6 is 0 Å². The van der Waals surface area contributed by atoms with Gasteiger partial charge in [-0.15, -0.1) is 0 Å². The lowest BCUT2D eigenvalue weighted by atomic mass is 9.97. The van der Waals surface area contributed by atoms with Crippen molar-refractivity contribution in [1.29, 1.82) is 0 Å². The molecule has 1 fully saturated rings. The summed E-state index contributed by atoms with van der Waals surface area (Å²) in [7, 11) is 0.613. The van der Waals surface area contributed by atoms with Gasteiger partial charge >= 0.3 is 6.18 Å². The summed E-state index contributed by atoms with van der Waals surface area (Å²) in [4.78, 5) is 6.30. The minimum Gasteiger partial charge on any atom is -0.379 e. The first kappa shape index (κ1) is 22.9. The van der Waals surface area contributed by atoms with Crippen molar-refractivity contribution in [2.24, 2.45) is 5.73 Å². The summed E-state index contributed by atoms with van der Waals surface area (Å²) in [5.41, 5.74) is 10.4. The molecule has 2 aliphatic heterocycles. The molecule has 0 spiro atoms. The number of nitrogens with one attached hydrogen (secondary N) is 1. The second-order valence-corrected chi connectivity index (χ2v) is 11.0. The third-order valence-corrected chi connectivity index (χ3v) is 8.38. The summed E-state index contributed by atoms with van der Waals surface area (Å²) in [5.74, 6) is -1.74. The van der Waals surface area contributed by atoms with Crippen molar-refractivity contribution in [2.75, 3.05) is 32.0 Å². The lowest BCUT2D eigenvalue weighted by Gasteiger charge is -2.43. The van der Waals surface area contributed by atoms with Crippen molar-refractivity contribution in [3.8, 4) is 0 Å². The Kier molecular flexibility index (Phi) is 6.17. The third kappa shape index (κ3) is 4.46. The van der Waals surface area contributed by atoms with Gasteiger partial charge in [0.05, 0.1) is 23.3 Å². The number of piperidine rings is 1. The van der Waals surface area contributed by atoms with Crippen LogP contribution in [0.15, 0.2) is 41.7 Å². The van der Waals surface area contributed by atoms with E-state index in [1.807, 2.05) is 23.3 Å². The van der Waals surface area contributed by atoms with E-state index in [0.717, 1.165) is 13.5 Å². The molecule has 1 saturated heterocycles. The first-order valence-corrected chi connectivity index (χ1v) is 12.4. The van der Waals surface area contributed by atoms with Gasteiger partial charge < -0.3 is 16.0 Å². The highest BCUT2D eigenvalue weighted by molar-refractivity contribution is 6.82. The average Bonchev–Trinajstić information content (AvgIpc) is 3.59. The SMILES string of the molecule is CC(c1nc(/C=C/CN)cc2c(N[C@@H]3CCN(C)C[C@]3(F)[Si]3C=C3)cccc12)C(F)(F)F. The molecule has 2 aromatic rings. The lowest BCUT2D eigenvalue weighted by Crippen LogP contribution is -2.60. The molecule has 0 bridgehead atoms. The monoisotopic (exact) mass is 463 g/mol. The van der Waals surface area contributed by atoms with Crippen molar-refractivity contribution in [3.63, 3.8) is 0 Å². The number of rotatable bonds is 6. The standard InChI is InChI=1S/C23H27F4N4Si/c1-15(23(25,26)27)21-17-6-3-7-19(18(17)13-16(29-21)5-4-9-28)30-20-8-10-31(2)14-22(20,24)32-11-12-32/h3-7,11-13,15,20,30H,8-10,14,28H2,1-2H3/b5-4+/t15?,20-,22+/m1/s1. The molecule has 1 radical (unpaired) electrons. The Bertz CT molecular complexity index is 1050. The molecule has 3 atom stereocenters. The Labute approximate surface area is 186 Å². The van der Waals surface area contributed by atoms with Gasteiger partial charge in [-0.1, -0.05) is 29.6 Å². The van der Waals surface area contributed by atoms with Crippen LogP contribution in [0, 0.1) is 0 Å². The second kappa shape index (κ2) is 8.61. The quantitative estimate of drug-likeness (QED) is 0.493. The third-order valence-electron chi connectivity index (χ3n) is 6.24. The Balaban J connectivity index is 1.79. The van der Waals surface area contributed by atoms with Gasteiger partial charge in [0.15, 0.2) is 8.80 Å². The first-order chi connectivity index (χ1) is 15.1. The fourth-order valence-electron chi connectivity index (χ4n) is 4.35. The van der Waals surface area contributed by atoms with Crippen LogP contribution < -0.4 is 11.1 Å². The molecular weight excluding hydrogens is 436 g/mol. The summed E-state index contributed by atoms with van der Waals surface area (Å²) in [6, 6.07) is 6.49. The van der Waals surface area contributed by atoms with Crippen molar-refractivity contribution in [1.82, 2.24) is 9.88 Å². The number of likely N-dealkylation sites (tertiary alicyclic amines) is 1. The fourth-order valence-corrected chi connectivity index (χ4v) is 6.31. The molecular formula is C23H27F4N4Si. The highest BCUT2D eigenvalue weighted by Crippen LogP contribution is 2.40. The number of fused-ring (bicyclic) bond motifs is 1. The molecule has 0 aliphatic carbocycles. The number of alkyl halides is 4. The molecule has 1 aromatic heterocycles. The van der Waals surface area contributed by atoms with Crippen LogP contribution in [0.3, 0.4) is 0 Å². The predicted molar refractivity (Wildman–Crippen MR) is 123 cm³/mol.